The largest absolute Gasteiger partial charge is 0.454 e. The first-order chi connectivity index (χ1) is 15.4. The fraction of sp³-hybridized carbons (Fsp3) is 0.167. The van der Waals surface area contributed by atoms with Crippen LogP contribution in [0.1, 0.15) is 22.5 Å². The molecule has 0 radical (unpaired) electrons. The molecule has 32 heavy (non-hydrogen) atoms. The number of hydrogen-bond acceptors (Lipinski definition) is 5. The van der Waals surface area contributed by atoms with Crippen molar-refractivity contribution in [2.24, 2.45) is 0 Å². The van der Waals surface area contributed by atoms with E-state index < -0.39 is 0 Å². The number of fused-ring (bicyclic) bond motifs is 1. The van der Waals surface area contributed by atoms with Crippen molar-refractivity contribution in [1.29, 1.82) is 0 Å². The number of aryl methyl sites for hydroxylation is 1. The molecule has 2 aliphatic rings. The standard InChI is InChI=1S/C24H19FN2O4S/c1-14-9-17(15(2)27(14)19-7-8-20-21(11-19)31-13-30-20)10-22-23(28)26(24(29)32-22)12-16-3-5-18(25)6-4-16/h3-11H,12-13H2,1-2H3/b22-10+. The summed E-state index contributed by atoms with van der Waals surface area (Å²) >= 11 is 0.914. The van der Waals surface area contributed by atoms with Crippen molar-refractivity contribution in [2.75, 3.05) is 6.79 Å². The number of thioether (sulfide) groups is 1. The first kappa shape index (κ1) is 20.4. The summed E-state index contributed by atoms with van der Waals surface area (Å²) in [6, 6.07) is 13.5. The third-order valence-electron chi connectivity index (χ3n) is 5.50. The van der Waals surface area contributed by atoms with Crippen molar-refractivity contribution in [1.82, 2.24) is 9.47 Å². The molecule has 2 amide bonds. The topological polar surface area (TPSA) is 60.8 Å². The lowest BCUT2D eigenvalue weighted by Gasteiger charge is -2.12. The van der Waals surface area contributed by atoms with Crippen LogP contribution in [0.25, 0.3) is 11.8 Å². The molecule has 0 spiro atoms. The molecule has 2 aromatic carbocycles. The van der Waals surface area contributed by atoms with Crippen LogP contribution in [0.4, 0.5) is 9.18 Å². The van der Waals surface area contributed by atoms with Gasteiger partial charge in [-0.1, -0.05) is 12.1 Å². The van der Waals surface area contributed by atoms with Crippen molar-refractivity contribution >= 4 is 29.0 Å². The van der Waals surface area contributed by atoms with E-state index in [0.29, 0.717) is 22.0 Å². The van der Waals surface area contributed by atoms with Gasteiger partial charge in [0, 0.05) is 23.1 Å². The smallest absolute Gasteiger partial charge is 0.293 e. The molecular formula is C24H19FN2O4S. The number of rotatable bonds is 4. The van der Waals surface area contributed by atoms with E-state index in [0.717, 1.165) is 34.4 Å². The summed E-state index contributed by atoms with van der Waals surface area (Å²) in [6.07, 6.45) is 1.75. The average Bonchev–Trinajstić information content (AvgIpc) is 3.42. The number of amides is 2. The van der Waals surface area contributed by atoms with Crippen LogP contribution in [0.2, 0.25) is 0 Å². The molecule has 5 rings (SSSR count). The van der Waals surface area contributed by atoms with Crippen molar-refractivity contribution in [3.05, 3.63) is 81.8 Å². The van der Waals surface area contributed by atoms with Crippen LogP contribution in [0.5, 0.6) is 11.5 Å². The Hall–Kier alpha value is -3.52. The van der Waals surface area contributed by atoms with E-state index >= 15 is 0 Å². The van der Waals surface area contributed by atoms with Gasteiger partial charge in [0.15, 0.2) is 11.5 Å². The van der Waals surface area contributed by atoms with Crippen LogP contribution in [0, 0.1) is 19.7 Å². The van der Waals surface area contributed by atoms with Crippen molar-refractivity contribution in [3.8, 4) is 17.2 Å². The molecule has 1 saturated heterocycles. The van der Waals surface area contributed by atoms with E-state index in [9.17, 15) is 14.0 Å². The number of nitrogens with zero attached hydrogens (tertiary/aromatic N) is 2. The van der Waals surface area contributed by atoms with Crippen LogP contribution in [-0.4, -0.2) is 27.4 Å². The molecule has 0 atom stereocenters. The Morgan fingerprint density at radius 3 is 2.56 bits per heavy atom. The summed E-state index contributed by atoms with van der Waals surface area (Å²) in [5.41, 5.74) is 4.39. The fourth-order valence-electron chi connectivity index (χ4n) is 3.91. The predicted molar refractivity (Wildman–Crippen MR) is 119 cm³/mol. The zero-order chi connectivity index (χ0) is 22.4. The molecule has 0 aliphatic carbocycles. The molecule has 0 unspecified atom stereocenters. The van der Waals surface area contributed by atoms with Gasteiger partial charge in [0.25, 0.3) is 11.1 Å². The van der Waals surface area contributed by atoms with E-state index in [2.05, 4.69) is 4.57 Å². The monoisotopic (exact) mass is 450 g/mol. The Morgan fingerprint density at radius 2 is 1.78 bits per heavy atom. The van der Waals surface area contributed by atoms with E-state index in [1.54, 1.807) is 18.2 Å². The van der Waals surface area contributed by atoms with Crippen molar-refractivity contribution in [3.63, 3.8) is 0 Å². The SMILES string of the molecule is Cc1cc(/C=C2/SC(=O)N(Cc3ccc(F)cc3)C2=O)c(C)n1-c1ccc2c(c1)OCO2. The average molecular weight is 450 g/mol. The number of aromatic nitrogens is 1. The van der Waals surface area contributed by atoms with E-state index in [1.165, 1.54) is 17.0 Å². The number of hydrogen-bond donors (Lipinski definition) is 0. The normalized spacial score (nSPS) is 16.5. The van der Waals surface area contributed by atoms with Gasteiger partial charge in [-0.3, -0.25) is 14.5 Å². The van der Waals surface area contributed by atoms with Gasteiger partial charge in [0.05, 0.1) is 11.4 Å². The minimum absolute atomic E-state index is 0.110. The molecule has 0 N–H and O–H groups in total. The molecule has 6 nitrogen and oxygen atoms in total. The second kappa shape index (κ2) is 7.87. The molecule has 3 heterocycles. The predicted octanol–water partition coefficient (Wildman–Crippen LogP) is 5.20. The molecule has 0 saturated carbocycles. The summed E-state index contributed by atoms with van der Waals surface area (Å²) in [4.78, 5) is 26.9. The lowest BCUT2D eigenvalue weighted by molar-refractivity contribution is -0.123. The minimum atomic E-state index is -0.361. The Kier molecular flexibility index (Phi) is 5.01. The van der Waals surface area contributed by atoms with Gasteiger partial charge < -0.3 is 14.0 Å². The third-order valence-corrected chi connectivity index (χ3v) is 6.41. The quantitative estimate of drug-likeness (QED) is 0.512. The van der Waals surface area contributed by atoms with Crippen LogP contribution in [0.3, 0.4) is 0 Å². The summed E-state index contributed by atoms with van der Waals surface area (Å²) in [7, 11) is 0. The summed E-state index contributed by atoms with van der Waals surface area (Å²) < 4.78 is 26.1. The molecule has 1 aromatic heterocycles. The van der Waals surface area contributed by atoms with Gasteiger partial charge in [0.2, 0.25) is 6.79 Å². The van der Waals surface area contributed by atoms with E-state index in [-0.39, 0.29) is 30.3 Å². The number of carbonyl (C=O) groups excluding carboxylic acids is 2. The highest BCUT2D eigenvalue weighted by Gasteiger charge is 2.35. The molecule has 8 heteroatoms. The third kappa shape index (κ3) is 3.56. The molecule has 2 aliphatic heterocycles. The van der Waals surface area contributed by atoms with Crippen LogP contribution in [-0.2, 0) is 11.3 Å². The number of ether oxygens (including phenoxy) is 2. The Labute approximate surface area is 188 Å². The molecule has 0 bridgehead atoms. The maximum Gasteiger partial charge on any atom is 0.293 e. The first-order valence-corrected chi connectivity index (χ1v) is 10.8. The van der Waals surface area contributed by atoms with Gasteiger partial charge in [-0.25, -0.2) is 4.39 Å². The van der Waals surface area contributed by atoms with Gasteiger partial charge >= 0.3 is 0 Å². The Balaban J connectivity index is 1.43. The number of halogens is 1. The van der Waals surface area contributed by atoms with Crippen molar-refractivity contribution in [2.45, 2.75) is 20.4 Å². The minimum Gasteiger partial charge on any atom is -0.454 e. The highest BCUT2D eigenvalue weighted by Crippen LogP contribution is 2.37. The van der Waals surface area contributed by atoms with Crippen LogP contribution in [0.15, 0.2) is 53.4 Å². The highest BCUT2D eigenvalue weighted by atomic mass is 32.2. The summed E-state index contributed by atoms with van der Waals surface area (Å²) in [5.74, 6) is 0.697. The molecule has 162 valence electrons. The highest BCUT2D eigenvalue weighted by molar-refractivity contribution is 8.18. The second-order valence-electron chi connectivity index (χ2n) is 7.59. The maximum atomic E-state index is 13.1. The van der Waals surface area contributed by atoms with Crippen molar-refractivity contribution < 1.29 is 23.5 Å². The van der Waals surface area contributed by atoms with Gasteiger partial charge in [-0.15, -0.1) is 0 Å². The Morgan fingerprint density at radius 1 is 1.03 bits per heavy atom. The van der Waals surface area contributed by atoms with Gasteiger partial charge in [0.1, 0.15) is 5.82 Å². The summed E-state index contributed by atoms with van der Waals surface area (Å²) in [5, 5.41) is -0.338. The van der Waals surface area contributed by atoms with Crippen LogP contribution >= 0.6 is 11.8 Å². The zero-order valence-corrected chi connectivity index (χ0v) is 18.2. The second-order valence-corrected chi connectivity index (χ2v) is 8.59. The first-order valence-electron chi connectivity index (χ1n) is 9.99. The van der Waals surface area contributed by atoms with Gasteiger partial charge in [-0.2, -0.15) is 0 Å². The molecule has 1 fully saturated rings. The van der Waals surface area contributed by atoms with Gasteiger partial charge in [-0.05, 0) is 73.1 Å². The lowest BCUT2D eigenvalue weighted by atomic mass is 10.2. The molecular weight excluding hydrogens is 431 g/mol. The zero-order valence-electron chi connectivity index (χ0n) is 17.4. The molecule has 3 aromatic rings. The Bertz CT molecular complexity index is 1280. The number of imide groups is 1. The summed E-state index contributed by atoms with van der Waals surface area (Å²) in [6.45, 7) is 4.27. The lowest BCUT2D eigenvalue weighted by Crippen LogP contribution is -2.27. The van der Waals surface area contributed by atoms with E-state index in [1.807, 2.05) is 38.1 Å². The number of carbonyl (C=O) groups is 2. The fourth-order valence-corrected chi connectivity index (χ4v) is 4.73. The van der Waals surface area contributed by atoms with E-state index in [4.69, 9.17) is 9.47 Å². The van der Waals surface area contributed by atoms with Crippen LogP contribution < -0.4 is 9.47 Å². The maximum absolute atomic E-state index is 13.1. The number of benzene rings is 2.